The first-order valence-electron chi connectivity index (χ1n) is 8.23. The Kier molecular flexibility index (Phi) is 4.37. The summed E-state index contributed by atoms with van der Waals surface area (Å²) in [5.74, 6) is 1.64. The highest BCUT2D eigenvalue weighted by atomic mass is 32.1. The van der Waals surface area contributed by atoms with E-state index >= 15 is 0 Å². The molecule has 0 bridgehead atoms. The van der Waals surface area contributed by atoms with Crippen LogP contribution in [0.3, 0.4) is 0 Å². The molecule has 4 heterocycles. The van der Waals surface area contributed by atoms with E-state index in [0.29, 0.717) is 5.82 Å². The highest BCUT2D eigenvalue weighted by Crippen LogP contribution is 2.27. The monoisotopic (exact) mass is 353 g/mol. The Labute approximate surface area is 150 Å². The summed E-state index contributed by atoms with van der Waals surface area (Å²) >= 11 is 1.44. The molecule has 0 atom stereocenters. The van der Waals surface area contributed by atoms with Crippen LogP contribution >= 0.6 is 11.5 Å². The Bertz CT molecular complexity index is 878. The Hall–Kier alpha value is -2.45. The van der Waals surface area contributed by atoms with Gasteiger partial charge in [-0.1, -0.05) is 10.6 Å². The molecule has 0 radical (unpaired) electrons. The van der Waals surface area contributed by atoms with Crippen LogP contribution in [-0.4, -0.2) is 38.1 Å². The molecule has 0 saturated carbocycles. The van der Waals surface area contributed by atoms with Crippen LogP contribution < -0.4 is 10.2 Å². The topological polar surface area (TPSA) is 79.7 Å². The first kappa shape index (κ1) is 16.0. The van der Waals surface area contributed by atoms with Crippen molar-refractivity contribution in [1.29, 1.82) is 0 Å². The van der Waals surface area contributed by atoms with E-state index in [1.54, 1.807) is 6.20 Å². The smallest absolute Gasteiger partial charge is 0.180 e. The lowest BCUT2D eigenvalue weighted by Crippen LogP contribution is -2.29. The summed E-state index contributed by atoms with van der Waals surface area (Å²) in [5.41, 5.74) is 4.05. The number of anilines is 1. The van der Waals surface area contributed by atoms with E-state index in [2.05, 4.69) is 31.8 Å². The van der Waals surface area contributed by atoms with Gasteiger partial charge in [0.25, 0.3) is 0 Å². The maximum Gasteiger partial charge on any atom is 0.180 e. The van der Waals surface area contributed by atoms with Gasteiger partial charge in [0.2, 0.25) is 0 Å². The van der Waals surface area contributed by atoms with Crippen molar-refractivity contribution < 1.29 is 0 Å². The summed E-state index contributed by atoms with van der Waals surface area (Å²) < 4.78 is 4.03. The Balaban J connectivity index is 1.76. The Morgan fingerprint density at radius 1 is 1.28 bits per heavy atom. The zero-order chi connectivity index (χ0) is 17.2. The maximum atomic E-state index is 4.85. The van der Waals surface area contributed by atoms with Gasteiger partial charge in [-0.05, 0) is 43.6 Å². The van der Waals surface area contributed by atoms with E-state index in [9.17, 15) is 0 Å². The van der Waals surface area contributed by atoms with Gasteiger partial charge < -0.3 is 10.2 Å². The van der Waals surface area contributed by atoms with Crippen LogP contribution in [0.25, 0.3) is 11.5 Å². The summed E-state index contributed by atoms with van der Waals surface area (Å²) in [6, 6.07) is 5.80. The second kappa shape index (κ2) is 6.81. The van der Waals surface area contributed by atoms with Gasteiger partial charge in [-0.3, -0.25) is 4.98 Å². The van der Waals surface area contributed by atoms with Gasteiger partial charge in [0.1, 0.15) is 11.5 Å². The second-order valence-corrected chi connectivity index (χ2v) is 6.91. The number of nitrogens with zero attached hydrogens (tertiary/aromatic N) is 6. The molecule has 0 unspecified atom stereocenters. The maximum absolute atomic E-state index is 4.85. The van der Waals surface area contributed by atoms with Crippen molar-refractivity contribution in [2.75, 3.05) is 18.5 Å². The van der Waals surface area contributed by atoms with Crippen LogP contribution in [0.5, 0.6) is 0 Å². The lowest BCUT2D eigenvalue weighted by molar-refractivity contribution is 0.621. The molecule has 1 aliphatic rings. The average Bonchev–Trinajstić information content (AvgIpc) is 3.06. The second-order valence-electron chi connectivity index (χ2n) is 6.08. The van der Waals surface area contributed by atoms with Crippen molar-refractivity contribution in [1.82, 2.24) is 29.9 Å². The molecule has 8 heteroatoms. The number of nitrogens with one attached hydrogen (secondary N) is 1. The first-order valence-corrected chi connectivity index (χ1v) is 9.00. The van der Waals surface area contributed by atoms with Crippen molar-refractivity contribution in [3.63, 3.8) is 0 Å². The third-order valence-corrected chi connectivity index (χ3v) is 5.11. The lowest BCUT2D eigenvalue weighted by atomic mass is 10.1. The molecule has 1 N–H and O–H groups in total. The summed E-state index contributed by atoms with van der Waals surface area (Å²) in [6.45, 7) is 4.44. The van der Waals surface area contributed by atoms with Gasteiger partial charge in [-0.25, -0.2) is 9.97 Å². The fraction of sp³-hybridized carbons (Fsp3) is 0.353. The minimum absolute atomic E-state index is 0.670. The molecule has 0 amide bonds. The van der Waals surface area contributed by atoms with Gasteiger partial charge in [0, 0.05) is 25.4 Å². The summed E-state index contributed by atoms with van der Waals surface area (Å²) in [5, 5.41) is 7.50. The molecule has 7 nitrogen and oxygen atoms in total. The molecule has 128 valence electrons. The first-order chi connectivity index (χ1) is 12.2. The Morgan fingerprint density at radius 2 is 2.20 bits per heavy atom. The normalized spacial score (nSPS) is 13.5. The quantitative estimate of drug-likeness (QED) is 0.768. The van der Waals surface area contributed by atoms with Gasteiger partial charge in [-0.2, -0.15) is 0 Å². The fourth-order valence-electron chi connectivity index (χ4n) is 2.95. The zero-order valence-corrected chi connectivity index (χ0v) is 15.0. The minimum atomic E-state index is 0.670. The molecule has 1 aliphatic heterocycles. The van der Waals surface area contributed by atoms with E-state index < -0.39 is 0 Å². The van der Waals surface area contributed by atoms with Gasteiger partial charge in [0.05, 0.1) is 22.8 Å². The van der Waals surface area contributed by atoms with Crippen LogP contribution in [0, 0.1) is 6.92 Å². The van der Waals surface area contributed by atoms with Gasteiger partial charge in [0.15, 0.2) is 5.82 Å². The van der Waals surface area contributed by atoms with Gasteiger partial charge >= 0.3 is 0 Å². The highest BCUT2D eigenvalue weighted by molar-refractivity contribution is 7.05. The molecule has 0 aromatic carbocycles. The van der Waals surface area contributed by atoms with E-state index in [4.69, 9.17) is 9.97 Å². The van der Waals surface area contributed by atoms with Crippen molar-refractivity contribution in [2.45, 2.75) is 26.4 Å². The molecule has 4 rings (SSSR count). The van der Waals surface area contributed by atoms with E-state index in [1.807, 2.05) is 25.1 Å². The third-order valence-electron chi connectivity index (χ3n) is 4.30. The molecule has 3 aromatic rings. The zero-order valence-electron chi connectivity index (χ0n) is 14.2. The predicted molar refractivity (Wildman–Crippen MR) is 97.4 cm³/mol. The van der Waals surface area contributed by atoms with Crippen molar-refractivity contribution in [3.8, 4) is 11.5 Å². The highest BCUT2D eigenvalue weighted by Gasteiger charge is 2.21. The number of rotatable bonds is 4. The van der Waals surface area contributed by atoms with Crippen LogP contribution in [-0.2, 0) is 19.5 Å². The van der Waals surface area contributed by atoms with Crippen LogP contribution in [0.1, 0.15) is 21.8 Å². The molecule has 0 aliphatic carbocycles. The molecule has 0 saturated heterocycles. The summed E-state index contributed by atoms with van der Waals surface area (Å²) in [7, 11) is 2.06. The average molecular weight is 353 g/mol. The SMILES string of the molecule is Cc1nnsc1CN(C)c1nc(-c2ccccn2)nc2c1CCNC2. The van der Waals surface area contributed by atoms with Crippen LogP contribution in [0.15, 0.2) is 24.4 Å². The van der Waals surface area contributed by atoms with Crippen LogP contribution in [0.2, 0.25) is 0 Å². The number of hydrogen-bond donors (Lipinski definition) is 1. The molecular weight excluding hydrogens is 334 g/mol. The van der Waals surface area contributed by atoms with Crippen molar-refractivity contribution in [2.24, 2.45) is 0 Å². The van der Waals surface area contributed by atoms with E-state index in [1.165, 1.54) is 17.1 Å². The van der Waals surface area contributed by atoms with Gasteiger partial charge in [-0.15, -0.1) is 5.10 Å². The molecule has 0 spiro atoms. The van der Waals surface area contributed by atoms with Crippen LogP contribution in [0.4, 0.5) is 5.82 Å². The third kappa shape index (κ3) is 3.22. The molecule has 3 aromatic heterocycles. The summed E-state index contributed by atoms with van der Waals surface area (Å²) in [6.07, 6.45) is 2.70. The standard InChI is InChI=1S/C17H19N7S/c1-11-15(25-23-22-11)10-24(2)17-12-6-8-18-9-14(12)20-16(21-17)13-5-3-4-7-19-13/h3-5,7,18H,6,8-10H2,1-2H3. The Morgan fingerprint density at radius 3 is 2.96 bits per heavy atom. The van der Waals surface area contributed by atoms with Crippen molar-refractivity contribution in [3.05, 3.63) is 46.2 Å². The fourth-order valence-corrected chi connectivity index (χ4v) is 3.64. The molecular formula is C17H19N7S. The number of fused-ring (bicyclic) bond motifs is 1. The van der Waals surface area contributed by atoms with E-state index in [-0.39, 0.29) is 0 Å². The molecule has 25 heavy (non-hydrogen) atoms. The van der Waals surface area contributed by atoms with Crippen molar-refractivity contribution >= 4 is 17.4 Å². The number of aromatic nitrogens is 5. The number of pyridine rings is 1. The summed E-state index contributed by atoms with van der Waals surface area (Å²) in [4.78, 5) is 17.3. The minimum Gasteiger partial charge on any atom is -0.354 e. The number of aryl methyl sites for hydroxylation is 1. The number of hydrogen-bond acceptors (Lipinski definition) is 8. The lowest BCUT2D eigenvalue weighted by Gasteiger charge is -2.25. The predicted octanol–water partition coefficient (Wildman–Crippen LogP) is 1.98. The largest absolute Gasteiger partial charge is 0.354 e. The molecule has 0 fully saturated rings. The van der Waals surface area contributed by atoms with E-state index in [0.717, 1.165) is 53.8 Å².